The molecule has 1 aromatic rings. The number of carboxylic acid groups (broad SMARTS) is 1. The lowest BCUT2D eigenvalue weighted by Gasteiger charge is -2.36. The summed E-state index contributed by atoms with van der Waals surface area (Å²) in [6.07, 6.45) is 4.28. The van der Waals surface area contributed by atoms with E-state index in [4.69, 9.17) is 5.11 Å². The van der Waals surface area contributed by atoms with Crippen LogP contribution in [0.5, 0.6) is 0 Å². The zero-order chi connectivity index (χ0) is 15.0. The van der Waals surface area contributed by atoms with Gasteiger partial charge >= 0.3 is 5.97 Å². The smallest absolute Gasteiger partial charge is 0.320 e. The van der Waals surface area contributed by atoms with Crippen LogP contribution < -0.4 is 0 Å². The Morgan fingerprint density at radius 3 is 2.48 bits per heavy atom. The Morgan fingerprint density at radius 2 is 1.90 bits per heavy atom. The van der Waals surface area contributed by atoms with Gasteiger partial charge < -0.3 is 14.6 Å². The standard InChI is InChI=1S/C15H21N3O3/c1-11(15(20)21)16-7-9-17(10-8-16)14(19)13-3-2-6-18(13)12-4-5-12/h2-3,6,11-12H,4-5,7-10H2,1H3,(H,20,21). The monoisotopic (exact) mass is 291 g/mol. The van der Waals surface area contributed by atoms with Gasteiger partial charge in [0, 0.05) is 38.4 Å². The first-order valence-electron chi connectivity index (χ1n) is 7.51. The average Bonchev–Trinajstić information content (AvgIpc) is 3.23. The number of aliphatic carboxylic acids is 1. The molecule has 2 heterocycles. The van der Waals surface area contributed by atoms with Gasteiger partial charge in [0.2, 0.25) is 0 Å². The highest BCUT2D eigenvalue weighted by atomic mass is 16.4. The number of amides is 1. The van der Waals surface area contributed by atoms with E-state index in [2.05, 4.69) is 4.57 Å². The van der Waals surface area contributed by atoms with Gasteiger partial charge in [0.1, 0.15) is 11.7 Å². The van der Waals surface area contributed by atoms with E-state index in [1.165, 1.54) is 0 Å². The number of aromatic nitrogens is 1. The molecule has 6 nitrogen and oxygen atoms in total. The maximum atomic E-state index is 12.6. The van der Waals surface area contributed by atoms with Gasteiger partial charge in [-0.15, -0.1) is 0 Å². The van der Waals surface area contributed by atoms with Gasteiger partial charge in [-0.2, -0.15) is 0 Å². The molecule has 1 amide bonds. The molecule has 1 saturated heterocycles. The molecule has 1 atom stereocenters. The van der Waals surface area contributed by atoms with Crippen molar-refractivity contribution in [2.24, 2.45) is 0 Å². The summed E-state index contributed by atoms with van der Waals surface area (Å²) in [4.78, 5) is 27.3. The van der Waals surface area contributed by atoms with E-state index in [0.29, 0.717) is 32.2 Å². The topological polar surface area (TPSA) is 65.8 Å². The molecule has 1 aromatic heterocycles. The van der Waals surface area contributed by atoms with Gasteiger partial charge in [-0.3, -0.25) is 14.5 Å². The molecular weight excluding hydrogens is 270 g/mol. The van der Waals surface area contributed by atoms with E-state index in [1.54, 1.807) is 6.92 Å². The Kier molecular flexibility index (Phi) is 3.71. The second-order valence-corrected chi connectivity index (χ2v) is 5.87. The normalized spacial score (nSPS) is 21.3. The largest absolute Gasteiger partial charge is 0.480 e. The van der Waals surface area contributed by atoms with Gasteiger partial charge in [-0.25, -0.2) is 0 Å². The summed E-state index contributed by atoms with van der Waals surface area (Å²) in [5, 5.41) is 9.04. The van der Waals surface area contributed by atoms with Crippen molar-refractivity contribution in [1.29, 1.82) is 0 Å². The van der Waals surface area contributed by atoms with Crippen molar-refractivity contribution >= 4 is 11.9 Å². The molecule has 2 aliphatic rings. The first-order chi connectivity index (χ1) is 10.1. The molecule has 1 saturated carbocycles. The van der Waals surface area contributed by atoms with Gasteiger partial charge in [-0.05, 0) is 31.9 Å². The van der Waals surface area contributed by atoms with Crippen LogP contribution in [0.25, 0.3) is 0 Å². The van der Waals surface area contributed by atoms with Gasteiger partial charge in [0.05, 0.1) is 0 Å². The molecule has 2 fully saturated rings. The van der Waals surface area contributed by atoms with Gasteiger partial charge in [0.15, 0.2) is 0 Å². The van der Waals surface area contributed by atoms with E-state index in [1.807, 2.05) is 28.1 Å². The highest BCUT2D eigenvalue weighted by Crippen LogP contribution is 2.36. The van der Waals surface area contributed by atoms with Crippen LogP contribution >= 0.6 is 0 Å². The minimum Gasteiger partial charge on any atom is -0.480 e. The summed E-state index contributed by atoms with van der Waals surface area (Å²) < 4.78 is 2.08. The molecule has 114 valence electrons. The van der Waals surface area contributed by atoms with E-state index in [9.17, 15) is 9.59 Å². The molecule has 1 unspecified atom stereocenters. The Balaban J connectivity index is 1.62. The lowest BCUT2D eigenvalue weighted by Crippen LogP contribution is -2.53. The fourth-order valence-electron chi connectivity index (χ4n) is 2.88. The molecule has 1 aliphatic carbocycles. The van der Waals surface area contributed by atoms with Crippen molar-refractivity contribution in [1.82, 2.24) is 14.4 Å². The fraction of sp³-hybridized carbons (Fsp3) is 0.600. The van der Waals surface area contributed by atoms with Crippen LogP contribution in [0, 0.1) is 0 Å². The van der Waals surface area contributed by atoms with Crippen molar-refractivity contribution in [3.63, 3.8) is 0 Å². The molecule has 0 radical (unpaired) electrons. The van der Waals surface area contributed by atoms with Crippen molar-refractivity contribution < 1.29 is 14.7 Å². The summed E-state index contributed by atoms with van der Waals surface area (Å²) in [6.45, 7) is 4.10. The first kappa shape index (κ1) is 14.1. The van der Waals surface area contributed by atoms with Crippen LogP contribution in [-0.2, 0) is 4.79 Å². The molecule has 0 aromatic carbocycles. The van der Waals surface area contributed by atoms with E-state index in [-0.39, 0.29) is 5.91 Å². The Bertz CT molecular complexity index is 542. The third-order valence-electron chi connectivity index (χ3n) is 4.44. The number of nitrogens with zero attached hydrogens (tertiary/aromatic N) is 3. The molecule has 0 bridgehead atoms. The number of piperazine rings is 1. The molecular formula is C15H21N3O3. The van der Waals surface area contributed by atoms with Crippen LogP contribution in [0.15, 0.2) is 18.3 Å². The van der Waals surface area contributed by atoms with Crippen LogP contribution in [0.2, 0.25) is 0 Å². The van der Waals surface area contributed by atoms with Crippen LogP contribution in [0.3, 0.4) is 0 Å². The van der Waals surface area contributed by atoms with Crippen LogP contribution in [0.1, 0.15) is 36.3 Å². The van der Waals surface area contributed by atoms with Gasteiger partial charge in [-0.1, -0.05) is 0 Å². The molecule has 1 N–H and O–H groups in total. The maximum Gasteiger partial charge on any atom is 0.320 e. The Labute approximate surface area is 123 Å². The summed E-state index contributed by atoms with van der Waals surface area (Å²) >= 11 is 0. The predicted octanol–water partition coefficient (Wildman–Crippen LogP) is 1.05. The number of hydrogen-bond donors (Lipinski definition) is 1. The third-order valence-corrected chi connectivity index (χ3v) is 4.44. The molecule has 21 heavy (non-hydrogen) atoms. The number of carboxylic acids is 1. The number of hydrogen-bond acceptors (Lipinski definition) is 3. The molecule has 0 spiro atoms. The fourth-order valence-corrected chi connectivity index (χ4v) is 2.88. The minimum atomic E-state index is -0.808. The molecule has 3 rings (SSSR count). The quantitative estimate of drug-likeness (QED) is 0.900. The number of carbonyl (C=O) groups is 2. The summed E-state index contributed by atoms with van der Waals surface area (Å²) in [5.74, 6) is -0.744. The van der Waals surface area contributed by atoms with Crippen molar-refractivity contribution in [3.05, 3.63) is 24.0 Å². The minimum absolute atomic E-state index is 0.0644. The van der Waals surface area contributed by atoms with Crippen molar-refractivity contribution in [2.45, 2.75) is 31.8 Å². The summed E-state index contributed by atoms with van der Waals surface area (Å²) in [6, 6.07) is 3.81. The zero-order valence-corrected chi connectivity index (χ0v) is 12.2. The maximum absolute atomic E-state index is 12.6. The van der Waals surface area contributed by atoms with E-state index < -0.39 is 12.0 Å². The van der Waals surface area contributed by atoms with Crippen molar-refractivity contribution in [2.75, 3.05) is 26.2 Å². The molecule has 1 aliphatic heterocycles. The Morgan fingerprint density at radius 1 is 1.24 bits per heavy atom. The Hall–Kier alpha value is -1.82. The highest BCUT2D eigenvalue weighted by molar-refractivity contribution is 5.93. The second kappa shape index (κ2) is 5.52. The first-order valence-corrected chi connectivity index (χ1v) is 7.51. The average molecular weight is 291 g/mol. The third kappa shape index (κ3) is 2.81. The SMILES string of the molecule is CC(C(=O)O)N1CCN(C(=O)c2cccn2C2CC2)CC1. The van der Waals surface area contributed by atoms with Crippen LogP contribution in [-0.4, -0.2) is 63.6 Å². The van der Waals surface area contributed by atoms with Gasteiger partial charge in [0.25, 0.3) is 5.91 Å². The predicted molar refractivity (Wildman–Crippen MR) is 77.3 cm³/mol. The lowest BCUT2D eigenvalue weighted by molar-refractivity contribution is -0.143. The van der Waals surface area contributed by atoms with Crippen molar-refractivity contribution in [3.8, 4) is 0 Å². The highest BCUT2D eigenvalue weighted by Gasteiger charge is 2.31. The number of carbonyl (C=O) groups excluding carboxylic acids is 1. The molecule has 6 heteroatoms. The van der Waals surface area contributed by atoms with E-state index >= 15 is 0 Å². The number of rotatable bonds is 4. The lowest BCUT2D eigenvalue weighted by atomic mass is 10.2. The van der Waals surface area contributed by atoms with E-state index in [0.717, 1.165) is 18.5 Å². The summed E-state index contributed by atoms with van der Waals surface area (Å²) in [5.41, 5.74) is 0.761. The summed E-state index contributed by atoms with van der Waals surface area (Å²) in [7, 11) is 0. The zero-order valence-electron chi connectivity index (χ0n) is 12.2. The van der Waals surface area contributed by atoms with Crippen LogP contribution in [0.4, 0.5) is 0 Å². The second-order valence-electron chi connectivity index (χ2n) is 5.87.